The minimum absolute atomic E-state index is 0. The monoisotopic (exact) mass is 668 g/mol. The first-order valence-electron chi connectivity index (χ1n) is 15.6. The first kappa shape index (κ1) is 40.8. The molecule has 4 fully saturated rings. The van der Waals surface area contributed by atoms with Gasteiger partial charge in [-0.05, 0) is 122 Å². The molecule has 240 valence electrons. The third kappa shape index (κ3) is 9.02. The SMILES string of the molecule is CCC(CC[C@@H](COS(=O)(=O)[O-])[C@H]1CCC2C3CC[C@@H]4[C@H](O)[C@H](OS(=O)(=O)[O-])CC[C@]4(C)C3CC[C@@]21C)C(C)CO.[Na+].[Na+]. The summed E-state index contributed by atoms with van der Waals surface area (Å²) in [5, 5.41) is 20.8. The van der Waals surface area contributed by atoms with Gasteiger partial charge >= 0.3 is 59.1 Å². The Hall–Kier alpha value is 1.66. The van der Waals surface area contributed by atoms with Gasteiger partial charge in [-0.3, -0.25) is 8.37 Å². The van der Waals surface area contributed by atoms with Gasteiger partial charge in [0.2, 0.25) is 20.8 Å². The van der Waals surface area contributed by atoms with Crippen LogP contribution in [0.15, 0.2) is 0 Å². The van der Waals surface area contributed by atoms with Crippen molar-refractivity contribution < 1.29 is 104 Å². The standard InChI is InChI=1S/C29H52O10S2.2Na/c1-5-19(18(2)16-30)6-7-20(17-38-40(32,33)34)22-10-11-23-21-8-9-25-27(31)26(39-41(35,36)37)13-15-29(25,4)24(21)12-14-28(22,23)3;;/h18-27,30-31H,5-17H2,1-4H3,(H,32,33,34)(H,35,36,37);;/q;2*+1/p-2/t18?,19?,20-,21?,22+,23?,24?,25+,26+,27-,28+,29+;;/m0../s1. The van der Waals surface area contributed by atoms with Crippen LogP contribution in [0.1, 0.15) is 98.3 Å². The van der Waals surface area contributed by atoms with E-state index in [1.165, 1.54) is 0 Å². The smallest absolute Gasteiger partial charge is 0.726 e. The van der Waals surface area contributed by atoms with Crippen LogP contribution in [0, 0.1) is 58.2 Å². The average molecular weight is 669 g/mol. The van der Waals surface area contributed by atoms with Gasteiger partial charge in [-0.2, -0.15) is 0 Å². The van der Waals surface area contributed by atoms with Crippen molar-refractivity contribution in [1.82, 2.24) is 0 Å². The molecule has 0 heterocycles. The molecule has 10 nitrogen and oxygen atoms in total. The summed E-state index contributed by atoms with van der Waals surface area (Å²) in [7, 11) is -9.70. The van der Waals surface area contributed by atoms with Crippen molar-refractivity contribution in [2.75, 3.05) is 13.2 Å². The summed E-state index contributed by atoms with van der Waals surface area (Å²) in [6, 6.07) is 0. The van der Waals surface area contributed by atoms with Crippen molar-refractivity contribution in [2.45, 2.75) is 111 Å². The summed E-state index contributed by atoms with van der Waals surface area (Å²) in [5.41, 5.74) is -0.201. The summed E-state index contributed by atoms with van der Waals surface area (Å²) in [4.78, 5) is 0. The Bertz CT molecular complexity index is 1120. The summed E-state index contributed by atoms with van der Waals surface area (Å²) < 4.78 is 77.7. The molecule has 0 aromatic heterocycles. The molecule has 12 atom stereocenters. The van der Waals surface area contributed by atoms with E-state index in [1.807, 2.05) is 6.92 Å². The summed E-state index contributed by atoms with van der Waals surface area (Å²) >= 11 is 0. The van der Waals surface area contributed by atoms with Crippen molar-refractivity contribution in [3.63, 3.8) is 0 Å². The maximum atomic E-state index is 11.5. The van der Waals surface area contributed by atoms with Crippen LogP contribution in [-0.4, -0.2) is 61.6 Å². The van der Waals surface area contributed by atoms with Crippen LogP contribution >= 0.6 is 0 Å². The second-order valence-corrected chi connectivity index (χ2v) is 16.3. The molecule has 0 spiro atoms. The number of aliphatic hydroxyl groups excluding tert-OH is 2. The van der Waals surface area contributed by atoms with E-state index in [4.69, 9.17) is 8.37 Å². The molecule has 0 aromatic rings. The van der Waals surface area contributed by atoms with Crippen LogP contribution in [0.25, 0.3) is 0 Å². The molecule has 5 unspecified atom stereocenters. The van der Waals surface area contributed by atoms with Crippen LogP contribution in [0.4, 0.5) is 0 Å². The second kappa shape index (κ2) is 15.9. The third-order valence-electron chi connectivity index (χ3n) is 12.5. The van der Waals surface area contributed by atoms with Crippen molar-refractivity contribution in [2.24, 2.45) is 58.2 Å². The van der Waals surface area contributed by atoms with Crippen LogP contribution in [0.3, 0.4) is 0 Å². The Morgan fingerprint density at radius 1 is 0.860 bits per heavy atom. The summed E-state index contributed by atoms with van der Waals surface area (Å²) in [6.07, 6.45) is 7.10. The predicted octanol–water partition coefficient (Wildman–Crippen LogP) is -2.00. The van der Waals surface area contributed by atoms with E-state index in [0.717, 1.165) is 57.8 Å². The Kier molecular flexibility index (Phi) is 15.1. The average Bonchev–Trinajstić information content (AvgIpc) is 3.23. The summed E-state index contributed by atoms with van der Waals surface area (Å²) in [5.74, 6) is 1.72. The Labute approximate surface area is 303 Å². The molecule has 0 amide bonds. The van der Waals surface area contributed by atoms with E-state index in [-0.39, 0.29) is 107 Å². The van der Waals surface area contributed by atoms with Crippen molar-refractivity contribution in [1.29, 1.82) is 0 Å². The van der Waals surface area contributed by atoms with E-state index in [9.17, 15) is 36.2 Å². The zero-order valence-corrected chi connectivity index (χ0v) is 32.6. The van der Waals surface area contributed by atoms with Gasteiger partial charge in [0.1, 0.15) is 6.10 Å². The van der Waals surface area contributed by atoms with E-state index in [1.54, 1.807) is 0 Å². The Morgan fingerprint density at radius 3 is 2.05 bits per heavy atom. The van der Waals surface area contributed by atoms with Gasteiger partial charge in [0.15, 0.2) is 0 Å². The van der Waals surface area contributed by atoms with Crippen LogP contribution in [0.2, 0.25) is 0 Å². The molecule has 0 radical (unpaired) electrons. The molecule has 2 N–H and O–H groups in total. The van der Waals surface area contributed by atoms with E-state index < -0.39 is 33.0 Å². The third-order valence-corrected chi connectivity index (χ3v) is 13.4. The van der Waals surface area contributed by atoms with Crippen molar-refractivity contribution in [3.8, 4) is 0 Å². The first-order valence-corrected chi connectivity index (χ1v) is 18.2. The van der Waals surface area contributed by atoms with Gasteiger partial charge in [0.05, 0.1) is 12.7 Å². The van der Waals surface area contributed by atoms with Gasteiger partial charge in [0, 0.05) is 6.61 Å². The molecule has 0 aliphatic heterocycles. The van der Waals surface area contributed by atoms with Gasteiger partial charge in [0.25, 0.3) is 0 Å². The first-order chi connectivity index (χ1) is 19.0. The number of fused-ring (bicyclic) bond motifs is 5. The van der Waals surface area contributed by atoms with Gasteiger partial charge in [-0.15, -0.1) is 0 Å². The number of rotatable bonds is 12. The molecule has 0 bridgehead atoms. The maximum Gasteiger partial charge on any atom is 1.00 e. The Balaban J connectivity index is 0.00000323. The fourth-order valence-electron chi connectivity index (χ4n) is 10.4. The normalized spacial score (nSPS) is 39.7. The zero-order valence-electron chi connectivity index (χ0n) is 26.9. The molecule has 4 rings (SSSR count). The van der Waals surface area contributed by atoms with Gasteiger partial charge in [-0.25, -0.2) is 16.8 Å². The number of hydrogen-bond acceptors (Lipinski definition) is 10. The van der Waals surface area contributed by atoms with Crippen LogP contribution in [0.5, 0.6) is 0 Å². The van der Waals surface area contributed by atoms with Gasteiger partial charge < -0.3 is 19.3 Å². The van der Waals surface area contributed by atoms with Gasteiger partial charge in [-0.1, -0.05) is 34.1 Å². The quantitative estimate of drug-likeness (QED) is 0.135. The molecule has 0 saturated heterocycles. The minimum atomic E-state index is -4.89. The van der Waals surface area contributed by atoms with Crippen molar-refractivity contribution >= 4 is 20.8 Å². The summed E-state index contributed by atoms with van der Waals surface area (Å²) in [6.45, 7) is 8.69. The molecule has 43 heavy (non-hydrogen) atoms. The Morgan fingerprint density at radius 2 is 1.47 bits per heavy atom. The van der Waals surface area contributed by atoms with Crippen LogP contribution in [-0.2, 0) is 29.2 Å². The minimum Gasteiger partial charge on any atom is -0.726 e. The number of aliphatic hydroxyl groups is 2. The molecule has 4 aliphatic carbocycles. The molecule has 4 saturated carbocycles. The number of hydrogen-bond donors (Lipinski definition) is 2. The van der Waals surface area contributed by atoms with Crippen molar-refractivity contribution in [3.05, 3.63) is 0 Å². The van der Waals surface area contributed by atoms with E-state index in [2.05, 4.69) is 20.8 Å². The largest absolute Gasteiger partial charge is 1.00 e. The maximum absolute atomic E-state index is 11.5. The topological polar surface area (TPSA) is 173 Å². The molecule has 0 aromatic carbocycles. The molecular weight excluding hydrogens is 618 g/mol. The second-order valence-electron chi connectivity index (χ2n) is 14.2. The predicted molar refractivity (Wildman–Crippen MR) is 150 cm³/mol. The zero-order chi connectivity index (χ0) is 30.4. The molecule has 4 aliphatic rings. The van der Waals surface area contributed by atoms with E-state index >= 15 is 0 Å². The fraction of sp³-hybridized carbons (Fsp3) is 1.00. The van der Waals surface area contributed by atoms with Crippen LogP contribution < -0.4 is 59.1 Å². The molecular formula is C29H50Na2O10S2. The molecule has 14 heteroatoms. The van der Waals surface area contributed by atoms with E-state index in [0.29, 0.717) is 36.5 Å². The fourth-order valence-corrected chi connectivity index (χ4v) is 11.3.